The van der Waals surface area contributed by atoms with Crippen molar-refractivity contribution in [3.05, 3.63) is 35.9 Å². The first-order chi connectivity index (χ1) is 8.25. The lowest BCUT2D eigenvalue weighted by Gasteiger charge is -2.15. The summed E-state index contributed by atoms with van der Waals surface area (Å²) in [6, 6.07) is 10.2. The van der Waals surface area contributed by atoms with Gasteiger partial charge in [0.15, 0.2) is 0 Å². The van der Waals surface area contributed by atoms with Gasteiger partial charge in [-0.1, -0.05) is 30.3 Å². The second-order valence-electron chi connectivity index (χ2n) is 4.68. The molecule has 3 heteroatoms. The highest BCUT2D eigenvalue weighted by Gasteiger charge is 2.21. The summed E-state index contributed by atoms with van der Waals surface area (Å²) in [6.45, 7) is 3.83. The highest BCUT2D eigenvalue weighted by Crippen LogP contribution is 2.20. The van der Waals surface area contributed by atoms with Crippen molar-refractivity contribution in [3.8, 4) is 0 Å². The van der Waals surface area contributed by atoms with E-state index in [-0.39, 0.29) is 5.38 Å². The van der Waals surface area contributed by atoms with E-state index < -0.39 is 0 Å². The van der Waals surface area contributed by atoms with Crippen molar-refractivity contribution in [1.82, 2.24) is 5.32 Å². The molecule has 2 nitrogen and oxygen atoms in total. The summed E-state index contributed by atoms with van der Waals surface area (Å²) in [7, 11) is 0. The third-order valence-electron chi connectivity index (χ3n) is 3.18. The van der Waals surface area contributed by atoms with Gasteiger partial charge in [0.25, 0.3) is 0 Å². The van der Waals surface area contributed by atoms with Crippen LogP contribution in [0.5, 0.6) is 0 Å². The van der Waals surface area contributed by atoms with Gasteiger partial charge in [0, 0.05) is 13.1 Å². The lowest BCUT2D eigenvalue weighted by atomic mass is 10.1. The van der Waals surface area contributed by atoms with Crippen molar-refractivity contribution in [2.45, 2.75) is 37.4 Å². The van der Waals surface area contributed by atoms with Crippen LogP contribution in [0.1, 0.15) is 30.7 Å². The molecule has 1 fully saturated rings. The normalized spacial score (nSPS) is 26.0. The maximum absolute atomic E-state index is 6.32. The monoisotopic (exact) mass is 253 g/mol. The summed E-state index contributed by atoms with van der Waals surface area (Å²) < 4.78 is 5.74. The van der Waals surface area contributed by atoms with Crippen LogP contribution in [0.4, 0.5) is 0 Å². The molecule has 0 saturated carbocycles. The van der Waals surface area contributed by atoms with Crippen LogP contribution in [0.25, 0.3) is 0 Å². The van der Waals surface area contributed by atoms with Gasteiger partial charge in [-0.15, -0.1) is 11.6 Å². The number of hydrogen-bond donors (Lipinski definition) is 1. The Hall–Kier alpha value is -0.570. The molecule has 0 aromatic heterocycles. The molecule has 1 saturated heterocycles. The molecule has 1 aromatic carbocycles. The summed E-state index contributed by atoms with van der Waals surface area (Å²) in [4.78, 5) is 0. The Bertz CT molecular complexity index is 330. The van der Waals surface area contributed by atoms with Gasteiger partial charge in [0.1, 0.15) is 0 Å². The molecule has 0 bridgehead atoms. The molecule has 1 heterocycles. The van der Waals surface area contributed by atoms with Gasteiger partial charge in [0.2, 0.25) is 0 Å². The van der Waals surface area contributed by atoms with Crippen molar-refractivity contribution in [3.63, 3.8) is 0 Å². The Labute approximate surface area is 108 Å². The molecule has 1 N–H and O–H groups in total. The van der Waals surface area contributed by atoms with Gasteiger partial charge >= 0.3 is 0 Å². The Morgan fingerprint density at radius 3 is 2.76 bits per heavy atom. The molecule has 3 unspecified atom stereocenters. The molecule has 3 atom stereocenters. The summed E-state index contributed by atoms with van der Waals surface area (Å²) in [5, 5.41) is 3.43. The molecule has 0 spiro atoms. The minimum atomic E-state index is 0.0371. The van der Waals surface area contributed by atoms with Crippen LogP contribution < -0.4 is 5.32 Å². The minimum Gasteiger partial charge on any atom is -0.374 e. The predicted molar refractivity (Wildman–Crippen MR) is 71.5 cm³/mol. The van der Waals surface area contributed by atoms with Crippen molar-refractivity contribution in [1.29, 1.82) is 0 Å². The number of nitrogens with one attached hydrogen (secondary N) is 1. The average molecular weight is 254 g/mol. The maximum atomic E-state index is 6.32. The SMILES string of the molecule is CC1CCC(CNCC(Cl)c2ccccc2)O1. The number of ether oxygens (including phenoxy) is 1. The standard InChI is InChI=1S/C14H20ClNO/c1-11-7-8-13(17-11)9-16-10-14(15)12-5-3-2-4-6-12/h2-6,11,13-14,16H,7-10H2,1H3. The number of benzene rings is 1. The van der Waals surface area contributed by atoms with Crippen LogP contribution in [0.15, 0.2) is 30.3 Å². The van der Waals surface area contributed by atoms with Gasteiger partial charge in [0.05, 0.1) is 17.6 Å². The van der Waals surface area contributed by atoms with E-state index in [0.717, 1.165) is 19.5 Å². The average Bonchev–Trinajstić information content (AvgIpc) is 2.76. The van der Waals surface area contributed by atoms with Gasteiger partial charge < -0.3 is 10.1 Å². The van der Waals surface area contributed by atoms with Crippen LogP contribution in [0.3, 0.4) is 0 Å². The fourth-order valence-corrected chi connectivity index (χ4v) is 2.44. The summed E-state index contributed by atoms with van der Waals surface area (Å²) in [5.41, 5.74) is 1.17. The van der Waals surface area contributed by atoms with Crippen LogP contribution in [-0.4, -0.2) is 25.3 Å². The molecular formula is C14H20ClNO. The highest BCUT2D eigenvalue weighted by molar-refractivity contribution is 6.21. The molecule has 0 aliphatic carbocycles. The summed E-state index contributed by atoms with van der Waals surface area (Å²) >= 11 is 6.32. The second kappa shape index (κ2) is 6.39. The fourth-order valence-electron chi connectivity index (χ4n) is 2.19. The zero-order chi connectivity index (χ0) is 12.1. The van der Waals surface area contributed by atoms with Crippen molar-refractivity contribution >= 4 is 11.6 Å². The zero-order valence-corrected chi connectivity index (χ0v) is 11.0. The smallest absolute Gasteiger partial charge is 0.0709 e. The zero-order valence-electron chi connectivity index (χ0n) is 10.2. The Morgan fingerprint density at radius 1 is 1.35 bits per heavy atom. The van der Waals surface area contributed by atoms with Gasteiger partial charge in [-0.2, -0.15) is 0 Å². The summed E-state index contributed by atoms with van der Waals surface area (Å²) in [5.74, 6) is 0. The van der Waals surface area contributed by atoms with Crippen LogP contribution in [0, 0.1) is 0 Å². The molecule has 17 heavy (non-hydrogen) atoms. The lowest BCUT2D eigenvalue weighted by Crippen LogP contribution is -2.29. The first-order valence-electron chi connectivity index (χ1n) is 6.31. The van der Waals surface area contributed by atoms with Gasteiger partial charge in [-0.05, 0) is 25.3 Å². The topological polar surface area (TPSA) is 21.3 Å². The molecule has 2 rings (SSSR count). The predicted octanol–water partition coefficient (Wildman–Crippen LogP) is 3.12. The molecule has 0 radical (unpaired) electrons. The number of hydrogen-bond acceptors (Lipinski definition) is 2. The van der Waals surface area contributed by atoms with Crippen molar-refractivity contribution in [2.24, 2.45) is 0 Å². The number of alkyl halides is 1. The van der Waals surface area contributed by atoms with E-state index in [0.29, 0.717) is 12.2 Å². The highest BCUT2D eigenvalue weighted by atomic mass is 35.5. The fraction of sp³-hybridized carbons (Fsp3) is 0.571. The van der Waals surface area contributed by atoms with Gasteiger partial charge in [-0.25, -0.2) is 0 Å². The molecule has 94 valence electrons. The number of halogens is 1. The second-order valence-corrected chi connectivity index (χ2v) is 5.21. The quantitative estimate of drug-likeness (QED) is 0.815. The van der Waals surface area contributed by atoms with Crippen molar-refractivity contribution < 1.29 is 4.74 Å². The maximum Gasteiger partial charge on any atom is 0.0709 e. The first kappa shape index (κ1) is 12.9. The first-order valence-corrected chi connectivity index (χ1v) is 6.74. The van der Waals surface area contributed by atoms with E-state index in [4.69, 9.17) is 16.3 Å². The summed E-state index contributed by atoms with van der Waals surface area (Å²) in [6.07, 6.45) is 3.12. The van der Waals surface area contributed by atoms with E-state index in [9.17, 15) is 0 Å². The number of rotatable bonds is 5. The minimum absolute atomic E-state index is 0.0371. The van der Waals surface area contributed by atoms with E-state index >= 15 is 0 Å². The molecular weight excluding hydrogens is 234 g/mol. The van der Waals surface area contributed by atoms with Crippen LogP contribution in [0.2, 0.25) is 0 Å². The third-order valence-corrected chi connectivity index (χ3v) is 3.58. The molecule has 0 amide bonds. The largest absolute Gasteiger partial charge is 0.374 e. The Morgan fingerprint density at radius 2 is 2.12 bits per heavy atom. The molecule has 1 aromatic rings. The van der Waals surface area contributed by atoms with E-state index in [1.807, 2.05) is 18.2 Å². The Kier molecular flexibility index (Phi) is 4.84. The van der Waals surface area contributed by atoms with E-state index in [2.05, 4.69) is 24.4 Å². The van der Waals surface area contributed by atoms with Crippen molar-refractivity contribution in [2.75, 3.05) is 13.1 Å². The van der Waals surface area contributed by atoms with Crippen LogP contribution >= 0.6 is 11.6 Å². The Balaban J connectivity index is 1.68. The molecule has 1 aliphatic rings. The van der Waals surface area contributed by atoms with Gasteiger partial charge in [-0.3, -0.25) is 0 Å². The lowest BCUT2D eigenvalue weighted by molar-refractivity contribution is 0.0562. The van der Waals surface area contributed by atoms with E-state index in [1.165, 1.54) is 12.0 Å². The van der Waals surface area contributed by atoms with Crippen LogP contribution in [-0.2, 0) is 4.74 Å². The van der Waals surface area contributed by atoms with E-state index in [1.54, 1.807) is 0 Å². The third kappa shape index (κ3) is 3.98. The molecule has 1 aliphatic heterocycles.